The van der Waals surface area contributed by atoms with Gasteiger partial charge in [0.05, 0.1) is 20.3 Å². The van der Waals surface area contributed by atoms with Crippen LogP contribution in [0.25, 0.3) is 0 Å². The molecule has 0 bridgehead atoms. The topological polar surface area (TPSA) is 72.0 Å². The van der Waals surface area contributed by atoms with Gasteiger partial charge in [0.2, 0.25) is 0 Å². The van der Waals surface area contributed by atoms with Crippen LogP contribution in [0.2, 0.25) is 0 Å². The van der Waals surface area contributed by atoms with E-state index in [-0.39, 0.29) is 6.04 Å². The number of rotatable bonds is 2. The summed E-state index contributed by atoms with van der Waals surface area (Å²) in [6, 6.07) is 7.96. The Hall–Kier alpha value is -2.24. The molecule has 1 amide bonds. The lowest BCUT2D eigenvalue weighted by atomic mass is 10.1. The van der Waals surface area contributed by atoms with Crippen molar-refractivity contribution in [3.8, 4) is 5.75 Å². The molecular formula is C13H17N3O3. The zero-order valence-corrected chi connectivity index (χ0v) is 11.0. The Labute approximate surface area is 111 Å². The summed E-state index contributed by atoms with van der Waals surface area (Å²) >= 11 is 0. The fourth-order valence-corrected chi connectivity index (χ4v) is 1.93. The van der Waals surface area contributed by atoms with Crippen LogP contribution in [0.3, 0.4) is 0 Å². The Morgan fingerprint density at radius 2 is 2.05 bits per heavy atom. The number of hydrazine groups is 1. The molecule has 1 heterocycles. The molecule has 0 radical (unpaired) electrons. The van der Waals surface area contributed by atoms with Gasteiger partial charge in [-0.1, -0.05) is 12.1 Å². The van der Waals surface area contributed by atoms with Crippen molar-refractivity contribution < 1.29 is 14.3 Å². The molecule has 0 saturated heterocycles. The summed E-state index contributed by atoms with van der Waals surface area (Å²) in [4.78, 5) is 15.4. The van der Waals surface area contributed by atoms with E-state index in [1.54, 1.807) is 7.11 Å². The summed E-state index contributed by atoms with van der Waals surface area (Å²) in [6.07, 6.45) is 1.17. The summed E-state index contributed by atoms with van der Waals surface area (Å²) in [5, 5.41) is 0. The van der Waals surface area contributed by atoms with Crippen molar-refractivity contribution in [2.45, 2.75) is 18.9 Å². The van der Waals surface area contributed by atoms with Gasteiger partial charge in [-0.3, -0.25) is 10.4 Å². The molecule has 1 aromatic rings. The van der Waals surface area contributed by atoms with E-state index in [2.05, 4.69) is 20.6 Å². The molecular weight excluding hydrogens is 246 g/mol. The third-order valence-electron chi connectivity index (χ3n) is 2.96. The maximum atomic E-state index is 10.9. The first-order valence-electron chi connectivity index (χ1n) is 6.03. The molecule has 19 heavy (non-hydrogen) atoms. The molecule has 0 fully saturated rings. The van der Waals surface area contributed by atoms with Crippen LogP contribution in [0.1, 0.15) is 24.4 Å². The van der Waals surface area contributed by atoms with Crippen molar-refractivity contribution in [2.75, 3.05) is 14.2 Å². The summed E-state index contributed by atoms with van der Waals surface area (Å²) in [5.74, 6) is 1.59. The molecule has 1 atom stereocenters. The molecule has 1 unspecified atom stereocenters. The Morgan fingerprint density at radius 3 is 2.68 bits per heavy atom. The van der Waals surface area contributed by atoms with E-state index >= 15 is 0 Å². The van der Waals surface area contributed by atoms with Gasteiger partial charge in [0.15, 0.2) is 0 Å². The largest absolute Gasteiger partial charge is 0.497 e. The highest BCUT2D eigenvalue weighted by Gasteiger charge is 2.19. The standard InChI is InChI=1S/C13H17N3O3/c1-18-10-5-3-9(4-6-10)11-7-8-12(14-11)15-16-13(17)19-2/h3-6,11H,7-8H2,1-2H3,(H,14,15)(H,16,17). The SMILES string of the molecule is COC(=O)NNC1=NC(c2ccc(OC)cc2)CC1. The predicted molar refractivity (Wildman–Crippen MR) is 71.1 cm³/mol. The number of benzene rings is 1. The summed E-state index contributed by atoms with van der Waals surface area (Å²) in [5.41, 5.74) is 6.29. The lowest BCUT2D eigenvalue weighted by Crippen LogP contribution is -2.40. The van der Waals surface area contributed by atoms with E-state index < -0.39 is 6.09 Å². The zero-order chi connectivity index (χ0) is 13.7. The minimum absolute atomic E-state index is 0.118. The minimum atomic E-state index is -0.532. The first kappa shape index (κ1) is 13.2. The van der Waals surface area contributed by atoms with Crippen LogP contribution >= 0.6 is 0 Å². The van der Waals surface area contributed by atoms with Crippen LogP contribution in [-0.4, -0.2) is 26.1 Å². The monoisotopic (exact) mass is 263 g/mol. The smallest absolute Gasteiger partial charge is 0.425 e. The van der Waals surface area contributed by atoms with Crippen LogP contribution in [0.5, 0.6) is 5.75 Å². The van der Waals surface area contributed by atoms with Crippen molar-refractivity contribution in [2.24, 2.45) is 4.99 Å². The fourth-order valence-electron chi connectivity index (χ4n) is 1.93. The van der Waals surface area contributed by atoms with E-state index in [0.29, 0.717) is 0 Å². The van der Waals surface area contributed by atoms with Gasteiger partial charge in [-0.2, -0.15) is 0 Å². The van der Waals surface area contributed by atoms with E-state index in [9.17, 15) is 4.79 Å². The number of hydrogen-bond donors (Lipinski definition) is 2. The van der Waals surface area contributed by atoms with Crippen molar-refractivity contribution in [3.05, 3.63) is 29.8 Å². The zero-order valence-electron chi connectivity index (χ0n) is 11.0. The van der Waals surface area contributed by atoms with Gasteiger partial charge in [0.25, 0.3) is 0 Å². The average molecular weight is 263 g/mol. The molecule has 1 aliphatic heterocycles. The lowest BCUT2D eigenvalue weighted by Gasteiger charge is -2.07. The summed E-state index contributed by atoms with van der Waals surface area (Å²) in [6.45, 7) is 0. The molecule has 0 saturated carbocycles. The van der Waals surface area contributed by atoms with Crippen LogP contribution < -0.4 is 15.6 Å². The maximum Gasteiger partial charge on any atom is 0.425 e. The molecule has 6 heteroatoms. The minimum Gasteiger partial charge on any atom is -0.497 e. The van der Waals surface area contributed by atoms with E-state index in [1.807, 2.05) is 24.3 Å². The van der Waals surface area contributed by atoms with Gasteiger partial charge >= 0.3 is 6.09 Å². The molecule has 0 aromatic heterocycles. The first-order valence-corrected chi connectivity index (χ1v) is 6.03. The molecule has 2 rings (SSSR count). The number of carbonyl (C=O) groups is 1. The number of nitrogens with zero attached hydrogens (tertiary/aromatic N) is 1. The molecule has 2 N–H and O–H groups in total. The highest BCUT2D eigenvalue weighted by atomic mass is 16.5. The first-order chi connectivity index (χ1) is 9.22. The second-order valence-electron chi connectivity index (χ2n) is 4.15. The van der Waals surface area contributed by atoms with Crippen LogP contribution in [-0.2, 0) is 4.74 Å². The Kier molecular flexibility index (Phi) is 4.22. The number of methoxy groups -OCH3 is 2. The van der Waals surface area contributed by atoms with Crippen LogP contribution in [0.15, 0.2) is 29.3 Å². The van der Waals surface area contributed by atoms with E-state index in [1.165, 1.54) is 7.11 Å². The van der Waals surface area contributed by atoms with Gasteiger partial charge in [0.1, 0.15) is 11.6 Å². The number of aliphatic imine (C=N–C) groups is 1. The van der Waals surface area contributed by atoms with Gasteiger partial charge in [-0.25, -0.2) is 10.2 Å². The number of nitrogens with one attached hydrogen (secondary N) is 2. The number of amides is 1. The summed E-state index contributed by atoms with van der Waals surface area (Å²) in [7, 11) is 2.96. The van der Waals surface area contributed by atoms with Gasteiger partial charge in [-0.15, -0.1) is 0 Å². The number of amidine groups is 1. The number of ether oxygens (including phenoxy) is 2. The van der Waals surface area contributed by atoms with E-state index in [0.717, 1.165) is 30.0 Å². The van der Waals surface area contributed by atoms with Crippen molar-refractivity contribution in [1.82, 2.24) is 10.9 Å². The van der Waals surface area contributed by atoms with Crippen molar-refractivity contribution in [3.63, 3.8) is 0 Å². The molecule has 0 spiro atoms. The molecule has 1 aliphatic rings. The second-order valence-corrected chi connectivity index (χ2v) is 4.15. The highest BCUT2D eigenvalue weighted by Crippen LogP contribution is 2.29. The normalized spacial score (nSPS) is 17.6. The average Bonchev–Trinajstić information content (AvgIpc) is 2.93. The highest BCUT2D eigenvalue weighted by molar-refractivity contribution is 5.85. The maximum absolute atomic E-state index is 10.9. The van der Waals surface area contributed by atoms with Crippen LogP contribution in [0.4, 0.5) is 4.79 Å². The third kappa shape index (κ3) is 3.37. The Bertz CT molecular complexity index is 471. The fraction of sp³-hybridized carbons (Fsp3) is 0.385. The van der Waals surface area contributed by atoms with Gasteiger partial charge in [0, 0.05) is 6.42 Å². The Morgan fingerprint density at radius 1 is 1.32 bits per heavy atom. The molecule has 1 aromatic carbocycles. The molecule has 6 nitrogen and oxygen atoms in total. The molecule has 102 valence electrons. The Balaban J connectivity index is 1.95. The quantitative estimate of drug-likeness (QED) is 0.798. The van der Waals surface area contributed by atoms with Crippen molar-refractivity contribution in [1.29, 1.82) is 0 Å². The van der Waals surface area contributed by atoms with Gasteiger partial charge < -0.3 is 9.47 Å². The predicted octanol–water partition coefficient (Wildman–Crippen LogP) is 1.79. The third-order valence-corrected chi connectivity index (χ3v) is 2.96. The van der Waals surface area contributed by atoms with E-state index in [4.69, 9.17) is 4.74 Å². The second kappa shape index (κ2) is 6.08. The lowest BCUT2D eigenvalue weighted by molar-refractivity contribution is 0.168. The number of carbonyl (C=O) groups excluding carboxylic acids is 1. The molecule has 0 aliphatic carbocycles. The summed E-state index contributed by atoms with van der Waals surface area (Å²) < 4.78 is 9.59. The van der Waals surface area contributed by atoms with Gasteiger partial charge in [-0.05, 0) is 24.1 Å². The van der Waals surface area contributed by atoms with Crippen LogP contribution in [0, 0.1) is 0 Å². The van der Waals surface area contributed by atoms with Crippen molar-refractivity contribution >= 4 is 11.9 Å². The number of hydrogen-bond acceptors (Lipinski definition) is 5.